The van der Waals surface area contributed by atoms with Crippen LogP contribution in [0.5, 0.6) is 0 Å². The largest absolute Gasteiger partial charge is 0.392 e. The van der Waals surface area contributed by atoms with Gasteiger partial charge in [0.05, 0.1) is 12.6 Å². The van der Waals surface area contributed by atoms with Gasteiger partial charge in [0.1, 0.15) is 6.29 Å². The second-order valence-electron chi connectivity index (χ2n) is 5.78. The highest BCUT2D eigenvalue weighted by molar-refractivity contribution is 5.97. The molecule has 2 aromatic rings. The van der Waals surface area contributed by atoms with Crippen LogP contribution in [0.4, 0.5) is 0 Å². The highest BCUT2D eigenvalue weighted by atomic mass is 16.3. The molecule has 1 atom stereocenters. The molecule has 0 bridgehead atoms. The molecule has 23 heavy (non-hydrogen) atoms. The minimum Gasteiger partial charge on any atom is -0.392 e. The normalized spacial score (nSPS) is 17.3. The Morgan fingerprint density at radius 2 is 1.91 bits per heavy atom. The SMILES string of the molecule is O=CC1CCCN1C(=O)c1cccc(-c2cccc(CO)c2)c1. The van der Waals surface area contributed by atoms with Crippen LogP contribution >= 0.6 is 0 Å². The molecule has 0 spiro atoms. The topological polar surface area (TPSA) is 57.6 Å². The van der Waals surface area contributed by atoms with Crippen molar-refractivity contribution < 1.29 is 14.7 Å². The van der Waals surface area contributed by atoms with E-state index in [-0.39, 0.29) is 18.6 Å². The van der Waals surface area contributed by atoms with E-state index < -0.39 is 0 Å². The minimum atomic E-state index is -0.302. The molecular weight excluding hydrogens is 290 g/mol. The van der Waals surface area contributed by atoms with Gasteiger partial charge in [0.25, 0.3) is 5.91 Å². The zero-order valence-corrected chi connectivity index (χ0v) is 12.8. The highest BCUT2D eigenvalue weighted by Gasteiger charge is 2.28. The van der Waals surface area contributed by atoms with Crippen LogP contribution in [-0.2, 0) is 11.4 Å². The Kier molecular flexibility index (Phi) is 4.53. The summed E-state index contributed by atoms with van der Waals surface area (Å²) in [6, 6.07) is 14.7. The number of carbonyl (C=O) groups is 2. The van der Waals surface area contributed by atoms with Crippen LogP contribution in [0.3, 0.4) is 0 Å². The molecule has 1 fully saturated rings. The van der Waals surface area contributed by atoms with E-state index in [1.807, 2.05) is 42.5 Å². The first-order chi connectivity index (χ1) is 11.2. The van der Waals surface area contributed by atoms with Crippen LogP contribution in [0.15, 0.2) is 48.5 Å². The number of nitrogens with zero attached hydrogens (tertiary/aromatic N) is 1. The molecule has 1 N–H and O–H groups in total. The summed E-state index contributed by atoms with van der Waals surface area (Å²) in [7, 11) is 0. The van der Waals surface area contributed by atoms with Crippen LogP contribution in [0.25, 0.3) is 11.1 Å². The number of aldehydes is 1. The fourth-order valence-corrected chi connectivity index (χ4v) is 3.03. The Labute approximate surface area is 135 Å². The number of benzene rings is 2. The van der Waals surface area contributed by atoms with E-state index in [1.165, 1.54) is 0 Å². The number of carbonyl (C=O) groups excluding carboxylic acids is 2. The van der Waals surface area contributed by atoms with Crippen molar-refractivity contribution in [2.75, 3.05) is 6.54 Å². The van der Waals surface area contributed by atoms with Gasteiger partial charge in [-0.25, -0.2) is 0 Å². The van der Waals surface area contributed by atoms with E-state index in [9.17, 15) is 14.7 Å². The molecular formula is C19H19NO3. The molecule has 1 aliphatic rings. The summed E-state index contributed by atoms with van der Waals surface area (Å²) in [6.45, 7) is 0.619. The molecule has 0 saturated carbocycles. The second-order valence-corrected chi connectivity index (χ2v) is 5.78. The Morgan fingerprint density at radius 3 is 2.65 bits per heavy atom. The summed E-state index contributed by atoms with van der Waals surface area (Å²) in [6.07, 6.45) is 2.47. The van der Waals surface area contributed by atoms with Crippen LogP contribution < -0.4 is 0 Å². The summed E-state index contributed by atoms with van der Waals surface area (Å²) in [5.74, 6) is -0.0974. The average Bonchev–Trinajstić information content (AvgIpc) is 3.10. The van der Waals surface area contributed by atoms with Gasteiger partial charge < -0.3 is 14.8 Å². The fourth-order valence-electron chi connectivity index (χ4n) is 3.03. The van der Waals surface area contributed by atoms with Crippen molar-refractivity contribution in [3.8, 4) is 11.1 Å². The van der Waals surface area contributed by atoms with E-state index >= 15 is 0 Å². The van der Waals surface area contributed by atoms with Crippen molar-refractivity contribution in [3.05, 3.63) is 59.7 Å². The van der Waals surface area contributed by atoms with E-state index in [4.69, 9.17) is 0 Å². The summed E-state index contributed by atoms with van der Waals surface area (Å²) < 4.78 is 0. The van der Waals surface area contributed by atoms with Crippen molar-refractivity contribution in [1.82, 2.24) is 4.90 Å². The third kappa shape index (κ3) is 3.17. The van der Waals surface area contributed by atoms with E-state index in [0.717, 1.165) is 35.8 Å². The summed E-state index contributed by atoms with van der Waals surface area (Å²) in [5.41, 5.74) is 3.30. The lowest BCUT2D eigenvalue weighted by atomic mass is 10.0. The van der Waals surface area contributed by atoms with Gasteiger partial charge in [-0.2, -0.15) is 0 Å². The van der Waals surface area contributed by atoms with E-state index in [0.29, 0.717) is 12.1 Å². The lowest BCUT2D eigenvalue weighted by molar-refractivity contribution is -0.111. The summed E-state index contributed by atoms with van der Waals surface area (Å²) >= 11 is 0. The first kappa shape index (κ1) is 15.4. The molecule has 1 saturated heterocycles. The molecule has 1 amide bonds. The van der Waals surface area contributed by atoms with Crippen LogP contribution in [-0.4, -0.2) is 34.8 Å². The predicted octanol–water partition coefficient (Wildman–Crippen LogP) is 2.65. The van der Waals surface area contributed by atoms with E-state index in [1.54, 1.807) is 11.0 Å². The quantitative estimate of drug-likeness (QED) is 0.883. The van der Waals surface area contributed by atoms with Crippen LogP contribution in [0, 0.1) is 0 Å². The predicted molar refractivity (Wildman–Crippen MR) is 87.9 cm³/mol. The first-order valence-corrected chi connectivity index (χ1v) is 7.79. The van der Waals surface area contributed by atoms with Gasteiger partial charge >= 0.3 is 0 Å². The van der Waals surface area contributed by atoms with Crippen molar-refractivity contribution in [1.29, 1.82) is 0 Å². The highest BCUT2D eigenvalue weighted by Crippen LogP contribution is 2.24. The minimum absolute atomic E-state index is 0.0126. The number of amides is 1. The Balaban J connectivity index is 1.90. The molecule has 118 valence electrons. The van der Waals surface area contributed by atoms with Crippen molar-refractivity contribution in [3.63, 3.8) is 0 Å². The second kappa shape index (κ2) is 6.75. The standard InChI is InChI=1S/C19H19NO3/c21-12-14-4-1-5-15(10-14)16-6-2-7-17(11-16)19(23)20-9-3-8-18(20)13-22/h1-2,4-7,10-11,13,18,21H,3,8-9,12H2. The summed E-state index contributed by atoms with van der Waals surface area (Å²) in [4.78, 5) is 25.4. The molecule has 1 aliphatic heterocycles. The fraction of sp³-hybridized carbons (Fsp3) is 0.263. The Morgan fingerprint density at radius 1 is 1.17 bits per heavy atom. The maximum atomic E-state index is 12.6. The van der Waals surface area contributed by atoms with E-state index in [2.05, 4.69) is 0 Å². The number of likely N-dealkylation sites (tertiary alicyclic amines) is 1. The molecule has 0 radical (unpaired) electrons. The zero-order valence-electron chi connectivity index (χ0n) is 12.8. The molecule has 4 nitrogen and oxygen atoms in total. The van der Waals surface area contributed by atoms with Crippen molar-refractivity contribution in [2.45, 2.75) is 25.5 Å². The maximum Gasteiger partial charge on any atom is 0.254 e. The number of hydrogen-bond donors (Lipinski definition) is 1. The smallest absolute Gasteiger partial charge is 0.254 e. The zero-order chi connectivity index (χ0) is 16.2. The van der Waals surface area contributed by atoms with Gasteiger partial charge in [-0.05, 0) is 47.7 Å². The molecule has 0 aromatic heterocycles. The molecule has 1 heterocycles. The van der Waals surface area contributed by atoms with Gasteiger partial charge in [-0.3, -0.25) is 4.79 Å². The number of hydrogen-bond acceptors (Lipinski definition) is 3. The van der Waals surface area contributed by atoms with Gasteiger partial charge in [0.2, 0.25) is 0 Å². The van der Waals surface area contributed by atoms with Gasteiger partial charge in [-0.15, -0.1) is 0 Å². The average molecular weight is 309 g/mol. The van der Waals surface area contributed by atoms with Gasteiger partial charge in [0, 0.05) is 12.1 Å². The number of aliphatic hydroxyl groups is 1. The lowest BCUT2D eigenvalue weighted by Gasteiger charge is -2.20. The van der Waals surface area contributed by atoms with Crippen molar-refractivity contribution in [2.24, 2.45) is 0 Å². The molecule has 4 heteroatoms. The molecule has 3 rings (SSSR count). The monoisotopic (exact) mass is 309 g/mol. The Hall–Kier alpha value is -2.46. The third-order valence-corrected chi connectivity index (χ3v) is 4.27. The maximum absolute atomic E-state index is 12.6. The van der Waals surface area contributed by atoms with Gasteiger partial charge in [0.15, 0.2) is 0 Å². The van der Waals surface area contributed by atoms with Gasteiger partial charge in [-0.1, -0.05) is 30.3 Å². The van der Waals surface area contributed by atoms with Crippen LogP contribution in [0.2, 0.25) is 0 Å². The molecule has 0 aliphatic carbocycles. The lowest BCUT2D eigenvalue weighted by Crippen LogP contribution is -2.36. The number of rotatable bonds is 4. The molecule has 2 aromatic carbocycles. The number of aliphatic hydroxyl groups excluding tert-OH is 1. The Bertz CT molecular complexity index is 726. The molecule has 1 unspecified atom stereocenters. The summed E-state index contributed by atoms with van der Waals surface area (Å²) in [5, 5.41) is 9.26. The third-order valence-electron chi connectivity index (χ3n) is 4.27. The first-order valence-electron chi connectivity index (χ1n) is 7.79. The van der Waals surface area contributed by atoms with Crippen LogP contribution in [0.1, 0.15) is 28.8 Å². The van der Waals surface area contributed by atoms with Crippen molar-refractivity contribution >= 4 is 12.2 Å².